The fourth-order valence-electron chi connectivity index (χ4n) is 3.27. The highest BCUT2D eigenvalue weighted by Crippen LogP contribution is 2.30. The van der Waals surface area contributed by atoms with Crippen molar-refractivity contribution in [3.05, 3.63) is 0 Å². The van der Waals surface area contributed by atoms with Gasteiger partial charge in [0.05, 0.1) is 0 Å². The number of rotatable bonds is 5. The van der Waals surface area contributed by atoms with E-state index in [0.29, 0.717) is 12.0 Å². The molecule has 1 heterocycles. The quantitative estimate of drug-likeness (QED) is 0.817. The topological polar surface area (TPSA) is 32.5 Å². The van der Waals surface area contributed by atoms with Crippen molar-refractivity contribution in [2.75, 3.05) is 33.2 Å². The highest BCUT2D eigenvalue weighted by atomic mass is 15.2. The minimum absolute atomic E-state index is 0.225. The summed E-state index contributed by atoms with van der Waals surface area (Å²) in [7, 11) is 2.23. The van der Waals surface area contributed by atoms with Crippen LogP contribution in [-0.2, 0) is 0 Å². The Morgan fingerprint density at radius 3 is 2.33 bits per heavy atom. The summed E-state index contributed by atoms with van der Waals surface area (Å²) < 4.78 is 0. The first-order valence-corrected chi connectivity index (χ1v) is 7.56. The van der Waals surface area contributed by atoms with Crippen LogP contribution >= 0.6 is 0 Å². The van der Waals surface area contributed by atoms with Crippen LogP contribution in [0.1, 0.15) is 47.0 Å². The summed E-state index contributed by atoms with van der Waals surface area (Å²) in [5.74, 6) is 0.705. The Hall–Kier alpha value is -0.120. The molecule has 1 unspecified atom stereocenters. The van der Waals surface area contributed by atoms with Gasteiger partial charge in [-0.05, 0) is 59.2 Å². The number of nitrogens with two attached hydrogens (primary N) is 1. The lowest BCUT2D eigenvalue weighted by Gasteiger charge is -2.46. The molecule has 108 valence electrons. The first-order chi connectivity index (χ1) is 8.41. The molecular formula is C15H33N3. The number of nitrogens with zero attached hydrogens (tertiary/aromatic N) is 2. The van der Waals surface area contributed by atoms with Crippen LogP contribution in [0.3, 0.4) is 0 Å². The highest BCUT2D eigenvalue weighted by molar-refractivity contribution is 4.96. The Labute approximate surface area is 114 Å². The Morgan fingerprint density at radius 1 is 1.17 bits per heavy atom. The van der Waals surface area contributed by atoms with Gasteiger partial charge >= 0.3 is 0 Å². The molecule has 1 atom stereocenters. The van der Waals surface area contributed by atoms with Gasteiger partial charge in [-0.2, -0.15) is 0 Å². The van der Waals surface area contributed by atoms with Gasteiger partial charge in [0, 0.05) is 24.7 Å². The molecule has 1 aliphatic heterocycles. The highest BCUT2D eigenvalue weighted by Gasteiger charge is 2.38. The third-order valence-corrected chi connectivity index (χ3v) is 4.32. The van der Waals surface area contributed by atoms with Crippen molar-refractivity contribution in [3.8, 4) is 0 Å². The summed E-state index contributed by atoms with van der Waals surface area (Å²) in [6.07, 6.45) is 3.73. The largest absolute Gasteiger partial charge is 0.329 e. The van der Waals surface area contributed by atoms with Gasteiger partial charge in [-0.3, -0.25) is 4.90 Å². The third kappa shape index (κ3) is 3.94. The summed E-state index contributed by atoms with van der Waals surface area (Å²) in [5, 5.41) is 0. The van der Waals surface area contributed by atoms with E-state index >= 15 is 0 Å². The molecule has 1 rings (SSSR count). The molecule has 1 fully saturated rings. The van der Waals surface area contributed by atoms with Crippen LogP contribution in [0.4, 0.5) is 0 Å². The summed E-state index contributed by atoms with van der Waals surface area (Å²) in [6.45, 7) is 13.6. The fraction of sp³-hybridized carbons (Fsp3) is 1.00. The molecule has 0 radical (unpaired) electrons. The maximum Gasteiger partial charge on any atom is 0.0347 e. The number of hydrogen-bond acceptors (Lipinski definition) is 3. The molecule has 0 aromatic rings. The van der Waals surface area contributed by atoms with E-state index < -0.39 is 0 Å². The van der Waals surface area contributed by atoms with Gasteiger partial charge in [-0.15, -0.1) is 0 Å². The van der Waals surface area contributed by atoms with Gasteiger partial charge in [-0.1, -0.05) is 13.8 Å². The Bertz CT molecular complexity index is 240. The van der Waals surface area contributed by atoms with Crippen LogP contribution in [0.25, 0.3) is 0 Å². The summed E-state index contributed by atoms with van der Waals surface area (Å²) in [5.41, 5.74) is 6.43. The average molecular weight is 255 g/mol. The van der Waals surface area contributed by atoms with E-state index in [1.165, 1.54) is 38.9 Å². The van der Waals surface area contributed by atoms with E-state index in [4.69, 9.17) is 5.73 Å². The van der Waals surface area contributed by atoms with Crippen LogP contribution in [0.2, 0.25) is 0 Å². The molecule has 3 heteroatoms. The van der Waals surface area contributed by atoms with Crippen LogP contribution in [0, 0.1) is 5.92 Å². The second-order valence-corrected chi connectivity index (χ2v) is 6.73. The lowest BCUT2D eigenvalue weighted by molar-refractivity contribution is 0.0375. The second kappa shape index (κ2) is 6.88. The van der Waals surface area contributed by atoms with Crippen molar-refractivity contribution in [3.63, 3.8) is 0 Å². The van der Waals surface area contributed by atoms with Gasteiger partial charge < -0.3 is 10.6 Å². The molecule has 0 bridgehead atoms. The molecule has 0 amide bonds. The standard InChI is InChI=1S/C15H33N3/c1-13(2)11-18(14(3)4)15(12-16)7-6-9-17(5)10-8-15/h13-14H,6-12,16H2,1-5H3. The fourth-order valence-corrected chi connectivity index (χ4v) is 3.27. The summed E-state index contributed by atoms with van der Waals surface area (Å²) in [4.78, 5) is 5.13. The Balaban J connectivity index is 2.87. The van der Waals surface area contributed by atoms with Gasteiger partial charge in [0.15, 0.2) is 0 Å². The summed E-state index contributed by atoms with van der Waals surface area (Å²) in [6, 6.07) is 0.583. The molecule has 0 spiro atoms. The van der Waals surface area contributed by atoms with Gasteiger partial charge in [0.25, 0.3) is 0 Å². The van der Waals surface area contributed by atoms with Gasteiger partial charge in [0.2, 0.25) is 0 Å². The Morgan fingerprint density at radius 2 is 1.83 bits per heavy atom. The minimum Gasteiger partial charge on any atom is -0.329 e. The summed E-state index contributed by atoms with van der Waals surface area (Å²) >= 11 is 0. The van der Waals surface area contributed by atoms with E-state index in [2.05, 4.69) is 44.5 Å². The zero-order chi connectivity index (χ0) is 13.8. The van der Waals surface area contributed by atoms with Crippen LogP contribution in [-0.4, -0.2) is 54.6 Å². The predicted octanol–water partition coefficient (Wildman–Crippen LogP) is 2.17. The number of likely N-dealkylation sites (tertiary alicyclic amines) is 1. The normalized spacial score (nSPS) is 27.2. The SMILES string of the molecule is CC(C)CN(C(C)C)C1(CN)CCCN(C)CC1. The zero-order valence-electron chi connectivity index (χ0n) is 13.1. The molecule has 0 aromatic heterocycles. The lowest BCUT2D eigenvalue weighted by atomic mass is 9.86. The minimum atomic E-state index is 0.225. The molecule has 0 saturated carbocycles. The van der Waals surface area contributed by atoms with E-state index in [-0.39, 0.29) is 5.54 Å². The van der Waals surface area contributed by atoms with E-state index in [1.54, 1.807) is 0 Å². The smallest absolute Gasteiger partial charge is 0.0347 e. The second-order valence-electron chi connectivity index (χ2n) is 6.73. The molecule has 1 aliphatic rings. The maximum absolute atomic E-state index is 6.21. The van der Waals surface area contributed by atoms with Crippen molar-refractivity contribution in [1.82, 2.24) is 9.80 Å². The van der Waals surface area contributed by atoms with Crippen molar-refractivity contribution >= 4 is 0 Å². The first kappa shape index (κ1) is 15.9. The van der Waals surface area contributed by atoms with Gasteiger partial charge in [0.1, 0.15) is 0 Å². The molecule has 0 aromatic carbocycles. The van der Waals surface area contributed by atoms with Crippen molar-refractivity contribution in [2.45, 2.75) is 58.5 Å². The van der Waals surface area contributed by atoms with Crippen molar-refractivity contribution < 1.29 is 0 Å². The van der Waals surface area contributed by atoms with E-state index in [0.717, 1.165) is 6.54 Å². The zero-order valence-corrected chi connectivity index (χ0v) is 13.1. The van der Waals surface area contributed by atoms with E-state index in [9.17, 15) is 0 Å². The molecule has 3 nitrogen and oxygen atoms in total. The van der Waals surface area contributed by atoms with Crippen molar-refractivity contribution in [2.24, 2.45) is 11.7 Å². The predicted molar refractivity (Wildman–Crippen MR) is 79.8 cm³/mol. The molecule has 18 heavy (non-hydrogen) atoms. The Kier molecular flexibility index (Phi) is 6.09. The van der Waals surface area contributed by atoms with Crippen LogP contribution in [0.15, 0.2) is 0 Å². The van der Waals surface area contributed by atoms with Gasteiger partial charge in [-0.25, -0.2) is 0 Å². The van der Waals surface area contributed by atoms with Crippen LogP contribution < -0.4 is 5.73 Å². The van der Waals surface area contributed by atoms with Crippen LogP contribution in [0.5, 0.6) is 0 Å². The molecule has 2 N–H and O–H groups in total. The monoisotopic (exact) mass is 255 g/mol. The van der Waals surface area contributed by atoms with E-state index in [1.807, 2.05) is 0 Å². The third-order valence-electron chi connectivity index (χ3n) is 4.32. The van der Waals surface area contributed by atoms with Crippen molar-refractivity contribution in [1.29, 1.82) is 0 Å². The molecule has 1 saturated heterocycles. The number of hydrogen-bond donors (Lipinski definition) is 1. The average Bonchev–Trinajstić information content (AvgIpc) is 2.48. The lowest BCUT2D eigenvalue weighted by Crippen LogP contribution is -2.58. The maximum atomic E-state index is 6.21. The first-order valence-electron chi connectivity index (χ1n) is 7.56. The molecule has 0 aliphatic carbocycles. The molecular weight excluding hydrogens is 222 g/mol.